The zero-order valence-electron chi connectivity index (χ0n) is 15.9. The number of nitrogens with zero attached hydrogens (tertiary/aromatic N) is 1. The summed E-state index contributed by atoms with van der Waals surface area (Å²) in [4.78, 5) is 25.3. The molecule has 0 radical (unpaired) electrons. The van der Waals surface area contributed by atoms with E-state index in [0.717, 1.165) is 4.90 Å². The number of carbonyl (C=O) groups is 2. The molecule has 3 aliphatic rings. The van der Waals surface area contributed by atoms with Gasteiger partial charge in [0, 0.05) is 18.9 Å². The Labute approximate surface area is 152 Å². The first kappa shape index (κ1) is 19.3. The number of amides is 1. The molecule has 0 spiro atoms. The van der Waals surface area contributed by atoms with Crippen LogP contribution in [0.3, 0.4) is 0 Å². The summed E-state index contributed by atoms with van der Waals surface area (Å²) in [5.41, 5.74) is -0.550. The van der Waals surface area contributed by atoms with Crippen molar-refractivity contribution in [1.29, 1.82) is 0 Å². The number of esters is 1. The second-order valence-corrected chi connectivity index (χ2v) is 8.44. The van der Waals surface area contributed by atoms with E-state index in [-0.39, 0.29) is 6.42 Å². The van der Waals surface area contributed by atoms with Crippen LogP contribution in [0.2, 0.25) is 0 Å². The Morgan fingerprint density at radius 1 is 1.27 bits per heavy atom. The highest BCUT2D eigenvalue weighted by molar-refractivity contribution is 5.84. The first-order valence-corrected chi connectivity index (χ1v) is 8.70. The van der Waals surface area contributed by atoms with Crippen LogP contribution in [0, 0.1) is 5.41 Å². The lowest BCUT2D eigenvalue weighted by molar-refractivity contribution is -0.228. The number of methoxy groups -OCH3 is 1. The van der Waals surface area contributed by atoms with E-state index >= 15 is 0 Å². The molecule has 0 saturated carbocycles. The number of rotatable bonds is 3. The Kier molecular flexibility index (Phi) is 4.71. The second-order valence-electron chi connectivity index (χ2n) is 8.44. The van der Waals surface area contributed by atoms with Gasteiger partial charge in [0.25, 0.3) is 0 Å². The zero-order valence-corrected chi connectivity index (χ0v) is 15.9. The van der Waals surface area contributed by atoms with Gasteiger partial charge in [0.2, 0.25) is 0 Å². The van der Waals surface area contributed by atoms with Gasteiger partial charge >= 0.3 is 12.1 Å². The minimum Gasteiger partial charge on any atom is -0.465 e. The van der Waals surface area contributed by atoms with Gasteiger partial charge in [0.05, 0.1) is 6.10 Å². The molecule has 1 amide bonds. The minimum absolute atomic E-state index is 0.109. The van der Waals surface area contributed by atoms with Crippen molar-refractivity contribution in [3.05, 3.63) is 0 Å². The average Bonchev–Trinajstić information content (AvgIpc) is 3.09. The van der Waals surface area contributed by atoms with Gasteiger partial charge in [-0.25, -0.2) is 9.59 Å². The maximum absolute atomic E-state index is 12.4. The zero-order chi connectivity index (χ0) is 19.4. The van der Waals surface area contributed by atoms with Gasteiger partial charge in [-0.3, -0.25) is 4.90 Å². The summed E-state index contributed by atoms with van der Waals surface area (Å²) in [6.07, 6.45) is -4.03. The molecule has 3 aliphatic heterocycles. The van der Waals surface area contributed by atoms with Crippen LogP contribution in [-0.4, -0.2) is 71.8 Å². The van der Waals surface area contributed by atoms with Gasteiger partial charge in [-0.2, -0.15) is 0 Å². The van der Waals surface area contributed by atoms with Crippen LogP contribution in [0.15, 0.2) is 0 Å². The van der Waals surface area contributed by atoms with Crippen molar-refractivity contribution in [1.82, 2.24) is 4.90 Å². The van der Waals surface area contributed by atoms with Crippen molar-refractivity contribution < 1.29 is 38.4 Å². The number of hydrogen-bond donors (Lipinski definition) is 1. The molecule has 6 atom stereocenters. The molecule has 9 nitrogen and oxygen atoms in total. The van der Waals surface area contributed by atoms with Gasteiger partial charge in [0.15, 0.2) is 18.3 Å². The number of carboxylic acid groups (broad SMARTS) is 1. The fourth-order valence-electron chi connectivity index (χ4n) is 3.80. The molecule has 0 aromatic heterocycles. The molecule has 3 fully saturated rings. The molecule has 26 heavy (non-hydrogen) atoms. The molecule has 9 heteroatoms. The Balaban J connectivity index is 1.81. The van der Waals surface area contributed by atoms with Crippen molar-refractivity contribution in [2.24, 2.45) is 5.41 Å². The molecule has 0 aromatic carbocycles. The molecular weight excluding hydrogens is 346 g/mol. The third-order valence-corrected chi connectivity index (χ3v) is 4.85. The normalized spacial score (nSPS) is 39.2. The number of hydrogen-bond acceptors (Lipinski definition) is 7. The molecule has 3 rings (SSSR count). The van der Waals surface area contributed by atoms with Crippen molar-refractivity contribution in [3.8, 4) is 0 Å². The molecule has 0 unspecified atom stereocenters. The largest absolute Gasteiger partial charge is 0.465 e. The van der Waals surface area contributed by atoms with Crippen LogP contribution < -0.4 is 0 Å². The Bertz CT molecular complexity index is 586. The number of carbonyl (C=O) groups excluding carboxylic acids is 1. The molecule has 0 aliphatic carbocycles. The third kappa shape index (κ3) is 3.28. The topological polar surface area (TPSA) is 104 Å². The molecular formula is C17H27NO8. The highest BCUT2D eigenvalue weighted by Crippen LogP contribution is 2.42. The number of fused-ring (bicyclic) bond motifs is 1. The Hall–Kier alpha value is -1.42. The van der Waals surface area contributed by atoms with Crippen LogP contribution in [-0.2, 0) is 28.5 Å². The van der Waals surface area contributed by atoms with E-state index in [1.807, 2.05) is 20.8 Å². The van der Waals surface area contributed by atoms with Gasteiger partial charge in [-0.05, 0) is 13.8 Å². The van der Waals surface area contributed by atoms with Gasteiger partial charge < -0.3 is 28.8 Å². The van der Waals surface area contributed by atoms with Crippen LogP contribution >= 0.6 is 0 Å². The standard InChI is InChI=1S/C17H27NO8/c1-16(2,3)14-18(15(20)21)8(12(19)24-14)7-9-10-11(13(22-6)23-9)26-17(4,5)25-10/h8-11,13-14H,7H2,1-6H3,(H,20,21)/t8-,9-,10-,11-,13-,14+/m1/s1. The quantitative estimate of drug-likeness (QED) is 0.743. The fraction of sp³-hybridized carbons (Fsp3) is 0.882. The summed E-state index contributed by atoms with van der Waals surface area (Å²) in [6.45, 7) is 9.05. The van der Waals surface area contributed by atoms with Crippen LogP contribution in [0.1, 0.15) is 41.0 Å². The SMILES string of the molecule is CO[C@@H]1O[C@H](C[C@@H]2C(=O)O[C@@H](C(C)(C)C)N2C(=O)O)[C@H]2OC(C)(C)O[C@@H]12. The van der Waals surface area contributed by atoms with Gasteiger partial charge in [-0.1, -0.05) is 20.8 Å². The number of cyclic esters (lactones) is 1. The van der Waals surface area contributed by atoms with E-state index in [0.29, 0.717) is 0 Å². The molecule has 0 aromatic rings. The predicted molar refractivity (Wildman–Crippen MR) is 87.1 cm³/mol. The molecule has 0 bridgehead atoms. The van der Waals surface area contributed by atoms with Crippen molar-refractivity contribution in [3.63, 3.8) is 0 Å². The summed E-state index contributed by atoms with van der Waals surface area (Å²) < 4.78 is 28.3. The maximum atomic E-state index is 12.4. The van der Waals surface area contributed by atoms with Crippen LogP contribution in [0.4, 0.5) is 4.79 Å². The highest BCUT2D eigenvalue weighted by atomic mass is 16.8. The molecule has 1 N–H and O–H groups in total. The van der Waals surface area contributed by atoms with E-state index in [1.54, 1.807) is 13.8 Å². The number of ether oxygens (including phenoxy) is 5. The van der Waals surface area contributed by atoms with Gasteiger partial charge in [-0.15, -0.1) is 0 Å². The highest BCUT2D eigenvalue weighted by Gasteiger charge is 2.58. The smallest absolute Gasteiger partial charge is 0.410 e. The summed E-state index contributed by atoms with van der Waals surface area (Å²) >= 11 is 0. The van der Waals surface area contributed by atoms with Crippen LogP contribution in [0.25, 0.3) is 0 Å². The van der Waals surface area contributed by atoms with Gasteiger partial charge in [0.1, 0.15) is 18.2 Å². The monoisotopic (exact) mass is 373 g/mol. The van der Waals surface area contributed by atoms with E-state index < -0.39 is 60.1 Å². The lowest BCUT2D eigenvalue weighted by Gasteiger charge is -2.33. The van der Waals surface area contributed by atoms with Crippen molar-refractivity contribution in [2.45, 2.75) is 83.7 Å². The van der Waals surface area contributed by atoms with E-state index in [4.69, 9.17) is 23.7 Å². The molecule has 3 heterocycles. The predicted octanol–water partition coefficient (Wildman–Crippen LogP) is 1.55. The Morgan fingerprint density at radius 3 is 2.42 bits per heavy atom. The molecule has 148 valence electrons. The summed E-state index contributed by atoms with van der Waals surface area (Å²) in [5.74, 6) is -1.38. The Morgan fingerprint density at radius 2 is 1.88 bits per heavy atom. The third-order valence-electron chi connectivity index (χ3n) is 4.85. The van der Waals surface area contributed by atoms with Crippen molar-refractivity contribution in [2.75, 3.05) is 7.11 Å². The fourth-order valence-corrected chi connectivity index (χ4v) is 3.80. The van der Waals surface area contributed by atoms with E-state index in [2.05, 4.69) is 0 Å². The average molecular weight is 373 g/mol. The lowest BCUT2D eigenvalue weighted by atomic mass is 9.93. The first-order chi connectivity index (χ1) is 11.9. The van der Waals surface area contributed by atoms with Crippen LogP contribution in [0.5, 0.6) is 0 Å². The first-order valence-electron chi connectivity index (χ1n) is 8.70. The maximum Gasteiger partial charge on any atom is 0.410 e. The molecule has 3 saturated heterocycles. The lowest BCUT2D eigenvalue weighted by Crippen LogP contribution is -2.49. The summed E-state index contributed by atoms with van der Waals surface area (Å²) in [7, 11) is 1.50. The van der Waals surface area contributed by atoms with E-state index in [1.165, 1.54) is 7.11 Å². The summed E-state index contributed by atoms with van der Waals surface area (Å²) in [5, 5.41) is 9.65. The van der Waals surface area contributed by atoms with Crippen molar-refractivity contribution >= 4 is 12.1 Å². The summed E-state index contributed by atoms with van der Waals surface area (Å²) in [6, 6.07) is -0.967. The minimum atomic E-state index is -1.21. The van der Waals surface area contributed by atoms with E-state index in [9.17, 15) is 14.7 Å². The second kappa shape index (κ2) is 6.33.